The summed E-state index contributed by atoms with van der Waals surface area (Å²) in [6, 6.07) is 13.3. The van der Waals surface area contributed by atoms with Gasteiger partial charge in [0.25, 0.3) is 5.91 Å². The number of ether oxygens (including phenoxy) is 1. The summed E-state index contributed by atoms with van der Waals surface area (Å²) in [5.74, 6) is -1.34. The maximum atomic E-state index is 12.5. The molecule has 0 aliphatic carbocycles. The summed E-state index contributed by atoms with van der Waals surface area (Å²) in [6.45, 7) is 5.86. The predicted molar refractivity (Wildman–Crippen MR) is 97.7 cm³/mol. The van der Waals surface area contributed by atoms with E-state index in [2.05, 4.69) is 10.6 Å². The average molecular weight is 354 g/mol. The first-order valence-corrected chi connectivity index (χ1v) is 8.33. The summed E-state index contributed by atoms with van der Waals surface area (Å²) in [6.07, 6.45) is -1.23. The van der Waals surface area contributed by atoms with Crippen molar-refractivity contribution in [3.05, 3.63) is 70.8 Å². The molecule has 0 spiro atoms. The van der Waals surface area contributed by atoms with Gasteiger partial charge in [0, 0.05) is 12.1 Å². The van der Waals surface area contributed by atoms with Crippen LogP contribution < -0.4 is 10.6 Å². The molecule has 0 saturated carbocycles. The molecule has 2 N–H and O–H groups in total. The summed E-state index contributed by atoms with van der Waals surface area (Å²) >= 11 is 0. The number of hydrogen-bond donors (Lipinski definition) is 2. The van der Waals surface area contributed by atoms with Gasteiger partial charge in [-0.25, -0.2) is 9.59 Å². The highest BCUT2D eigenvalue weighted by molar-refractivity contribution is 5.99. The van der Waals surface area contributed by atoms with Crippen LogP contribution in [0, 0.1) is 13.8 Å². The number of amides is 3. The summed E-state index contributed by atoms with van der Waals surface area (Å²) in [7, 11) is 0. The number of benzene rings is 2. The van der Waals surface area contributed by atoms with E-state index in [1.807, 2.05) is 19.9 Å². The molecule has 1 atom stereocenters. The molecular weight excluding hydrogens is 332 g/mol. The molecule has 0 saturated heterocycles. The summed E-state index contributed by atoms with van der Waals surface area (Å²) in [4.78, 5) is 36.7. The van der Waals surface area contributed by atoms with E-state index in [1.165, 1.54) is 0 Å². The van der Waals surface area contributed by atoms with Gasteiger partial charge in [-0.15, -0.1) is 0 Å². The zero-order chi connectivity index (χ0) is 19.1. The third-order valence-electron chi connectivity index (χ3n) is 3.60. The minimum absolute atomic E-state index is 0.356. The second kappa shape index (κ2) is 8.80. The molecule has 0 heterocycles. The van der Waals surface area contributed by atoms with Gasteiger partial charge in [0.1, 0.15) is 0 Å². The van der Waals surface area contributed by atoms with Crippen LogP contribution in [0.15, 0.2) is 48.5 Å². The van der Waals surface area contributed by atoms with Crippen LogP contribution >= 0.6 is 0 Å². The van der Waals surface area contributed by atoms with Crippen LogP contribution in [0.2, 0.25) is 0 Å². The lowest BCUT2D eigenvalue weighted by molar-refractivity contribution is -0.129. The monoisotopic (exact) mass is 354 g/mol. The fraction of sp³-hybridized carbons (Fsp3) is 0.250. The molecule has 0 fully saturated rings. The van der Waals surface area contributed by atoms with Gasteiger partial charge in [-0.1, -0.05) is 47.5 Å². The normalized spacial score (nSPS) is 11.3. The second-order valence-electron chi connectivity index (χ2n) is 5.92. The number of esters is 1. The Morgan fingerprint density at radius 3 is 2.19 bits per heavy atom. The lowest BCUT2D eigenvalue weighted by Gasteiger charge is -2.18. The van der Waals surface area contributed by atoms with Crippen molar-refractivity contribution in [2.45, 2.75) is 26.9 Å². The van der Waals surface area contributed by atoms with E-state index >= 15 is 0 Å². The number of aryl methyl sites for hydroxylation is 2. The first-order valence-electron chi connectivity index (χ1n) is 8.33. The van der Waals surface area contributed by atoms with E-state index < -0.39 is 24.0 Å². The van der Waals surface area contributed by atoms with Crippen LogP contribution in [-0.2, 0) is 9.53 Å². The number of imide groups is 1. The molecule has 3 amide bonds. The molecule has 26 heavy (non-hydrogen) atoms. The lowest BCUT2D eigenvalue weighted by Crippen LogP contribution is -2.42. The summed E-state index contributed by atoms with van der Waals surface area (Å²) in [5, 5.41) is 4.66. The van der Waals surface area contributed by atoms with Gasteiger partial charge in [-0.3, -0.25) is 10.1 Å². The van der Waals surface area contributed by atoms with Crippen molar-refractivity contribution < 1.29 is 19.1 Å². The predicted octanol–water partition coefficient (Wildman–Crippen LogP) is 3.05. The van der Waals surface area contributed by atoms with Crippen LogP contribution in [0.4, 0.5) is 4.79 Å². The summed E-state index contributed by atoms with van der Waals surface area (Å²) < 4.78 is 5.44. The zero-order valence-corrected chi connectivity index (χ0v) is 15.0. The molecule has 0 unspecified atom stereocenters. The second-order valence-corrected chi connectivity index (χ2v) is 5.92. The Labute approximate surface area is 152 Å². The Morgan fingerprint density at radius 1 is 1.00 bits per heavy atom. The number of carbonyl (C=O) groups excluding carboxylic acids is 3. The molecule has 2 rings (SSSR count). The lowest BCUT2D eigenvalue weighted by atomic mass is 10.1. The Morgan fingerprint density at radius 2 is 1.62 bits per heavy atom. The standard InChI is InChI=1S/C20H22N2O4/c1-4-21-20(25)22-18(23)17(15-8-6-5-7-9-15)26-19(24)16-11-13(2)10-14(3)12-16/h5-12,17H,4H2,1-3H3,(H2,21,22,23,25)/t17-/m0/s1. The van der Waals surface area contributed by atoms with Crippen LogP contribution in [0.1, 0.15) is 40.1 Å². The highest BCUT2D eigenvalue weighted by atomic mass is 16.5. The zero-order valence-electron chi connectivity index (χ0n) is 15.0. The average Bonchev–Trinajstić information content (AvgIpc) is 2.59. The maximum absolute atomic E-state index is 12.5. The van der Waals surface area contributed by atoms with Crippen molar-refractivity contribution in [3.8, 4) is 0 Å². The largest absolute Gasteiger partial charge is 0.444 e. The molecule has 136 valence electrons. The van der Waals surface area contributed by atoms with Crippen LogP contribution in [-0.4, -0.2) is 24.5 Å². The first kappa shape index (κ1) is 19.2. The van der Waals surface area contributed by atoms with E-state index in [0.717, 1.165) is 11.1 Å². The Balaban J connectivity index is 2.25. The summed E-state index contributed by atoms with van der Waals surface area (Å²) in [5.41, 5.74) is 2.67. The van der Waals surface area contributed by atoms with Crippen molar-refractivity contribution >= 4 is 17.9 Å². The topological polar surface area (TPSA) is 84.5 Å². The molecule has 6 heteroatoms. The minimum atomic E-state index is -1.23. The van der Waals surface area contributed by atoms with Gasteiger partial charge in [0.15, 0.2) is 0 Å². The van der Waals surface area contributed by atoms with Gasteiger partial charge in [-0.05, 0) is 32.9 Å². The molecule has 6 nitrogen and oxygen atoms in total. The number of carbonyl (C=O) groups is 3. The Hall–Kier alpha value is -3.15. The van der Waals surface area contributed by atoms with Crippen LogP contribution in [0.3, 0.4) is 0 Å². The molecule has 2 aromatic carbocycles. The van der Waals surface area contributed by atoms with E-state index in [1.54, 1.807) is 49.4 Å². The van der Waals surface area contributed by atoms with Gasteiger partial charge < -0.3 is 10.1 Å². The van der Waals surface area contributed by atoms with E-state index in [9.17, 15) is 14.4 Å². The van der Waals surface area contributed by atoms with E-state index in [4.69, 9.17) is 4.74 Å². The van der Waals surface area contributed by atoms with Gasteiger partial charge in [0.2, 0.25) is 6.10 Å². The first-order chi connectivity index (χ1) is 12.4. The van der Waals surface area contributed by atoms with Crippen molar-refractivity contribution in [2.24, 2.45) is 0 Å². The Bertz CT molecular complexity index is 782. The van der Waals surface area contributed by atoms with Crippen molar-refractivity contribution in [3.63, 3.8) is 0 Å². The fourth-order valence-electron chi connectivity index (χ4n) is 2.55. The van der Waals surface area contributed by atoms with Crippen LogP contribution in [0.25, 0.3) is 0 Å². The Kier molecular flexibility index (Phi) is 6.49. The quantitative estimate of drug-likeness (QED) is 0.808. The minimum Gasteiger partial charge on any atom is -0.444 e. The molecule has 2 aromatic rings. The van der Waals surface area contributed by atoms with Crippen molar-refractivity contribution in [2.75, 3.05) is 6.54 Å². The van der Waals surface area contributed by atoms with Gasteiger partial charge in [-0.2, -0.15) is 0 Å². The van der Waals surface area contributed by atoms with Crippen molar-refractivity contribution in [1.82, 2.24) is 10.6 Å². The fourth-order valence-corrected chi connectivity index (χ4v) is 2.55. The maximum Gasteiger partial charge on any atom is 0.339 e. The molecular formula is C20H22N2O4. The van der Waals surface area contributed by atoms with E-state index in [-0.39, 0.29) is 0 Å². The number of nitrogens with one attached hydrogen (secondary N) is 2. The molecule has 0 aliphatic heterocycles. The third kappa shape index (κ3) is 5.17. The van der Waals surface area contributed by atoms with E-state index in [0.29, 0.717) is 17.7 Å². The SMILES string of the molecule is CCNC(=O)NC(=O)[C@@H](OC(=O)c1cc(C)cc(C)c1)c1ccccc1. The van der Waals surface area contributed by atoms with Gasteiger partial charge >= 0.3 is 12.0 Å². The molecule has 0 aliphatic rings. The molecule has 0 bridgehead atoms. The third-order valence-corrected chi connectivity index (χ3v) is 3.60. The smallest absolute Gasteiger partial charge is 0.339 e. The highest BCUT2D eigenvalue weighted by Crippen LogP contribution is 2.20. The number of hydrogen-bond acceptors (Lipinski definition) is 4. The molecule has 0 radical (unpaired) electrons. The number of urea groups is 1. The highest BCUT2D eigenvalue weighted by Gasteiger charge is 2.27. The number of rotatable bonds is 5. The molecule has 0 aromatic heterocycles. The van der Waals surface area contributed by atoms with Crippen molar-refractivity contribution in [1.29, 1.82) is 0 Å². The van der Waals surface area contributed by atoms with Crippen LogP contribution in [0.5, 0.6) is 0 Å². The van der Waals surface area contributed by atoms with Gasteiger partial charge in [0.05, 0.1) is 5.56 Å².